The van der Waals surface area contributed by atoms with E-state index >= 15 is 0 Å². The van der Waals surface area contributed by atoms with Crippen molar-refractivity contribution >= 4 is 11.5 Å². The van der Waals surface area contributed by atoms with Crippen LogP contribution in [0.3, 0.4) is 0 Å². The largest absolute Gasteiger partial charge is 0.383 e. The molecule has 0 bridgehead atoms. The number of hydrogen-bond acceptors (Lipinski definition) is 4. The van der Waals surface area contributed by atoms with Gasteiger partial charge in [-0.1, -0.05) is 37.3 Å². The highest BCUT2D eigenvalue weighted by Gasteiger charge is 2.19. The second-order valence-corrected chi connectivity index (χ2v) is 5.20. The average molecular weight is 296 g/mol. The van der Waals surface area contributed by atoms with Gasteiger partial charge in [0.15, 0.2) is 5.65 Å². The Hall–Kier alpha value is -2.40. The fraction of sp³-hybridized carbons (Fsp3) is 0.294. The fourth-order valence-corrected chi connectivity index (χ4v) is 2.57. The third-order valence-corrected chi connectivity index (χ3v) is 3.77. The SMILES string of the molecule is COCCNc1c(C(C)c2ccccc2)nc2cnccn12. The maximum absolute atomic E-state index is 5.13. The zero-order chi connectivity index (χ0) is 15.4. The van der Waals surface area contributed by atoms with E-state index in [2.05, 4.69) is 41.5 Å². The minimum atomic E-state index is 0.200. The Balaban J connectivity index is 2.02. The molecular weight excluding hydrogens is 276 g/mol. The predicted octanol–water partition coefficient (Wildman–Crippen LogP) is 2.94. The Kier molecular flexibility index (Phi) is 4.34. The third kappa shape index (κ3) is 2.80. The molecule has 3 aromatic rings. The van der Waals surface area contributed by atoms with Crippen molar-refractivity contribution in [3.8, 4) is 0 Å². The van der Waals surface area contributed by atoms with Gasteiger partial charge in [-0.05, 0) is 5.56 Å². The number of aromatic nitrogens is 3. The molecule has 2 aromatic heterocycles. The number of hydrogen-bond donors (Lipinski definition) is 1. The molecule has 0 amide bonds. The minimum absolute atomic E-state index is 0.200. The summed E-state index contributed by atoms with van der Waals surface area (Å²) in [7, 11) is 1.70. The van der Waals surface area contributed by atoms with Gasteiger partial charge in [-0.3, -0.25) is 9.38 Å². The van der Waals surface area contributed by atoms with Gasteiger partial charge in [-0.2, -0.15) is 0 Å². The molecule has 0 saturated carbocycles. The number of methoxy groups -OCH3 is 1. The first-order chi connectivity index (χ1) is 10.8. The Labute approximate surface area is 130 Å². The van der Waals surface area contributed by atoms with Crippen molar-refractivity contribution in [2.75, 3.05) is 25.6 Å². The van der Waals surface area contributed by atoms with Crippen LogP contribution in [-0.2, 0) is 4.74 Å². The van der Waals surface area contributed by atoms with Crippen LogP contribution in [0.5, 0.6) is 0 Å². The zero-order valence-electron chi connectivity index (χ0n) is 12.9. The highest BCUT2D eigenvalue weighted by atomic mass is 16.5. The van der Waals surface area contributed by atoms with E-state index in [-0.39, 0.29) is 5.92 Å². The molecule has 0 aliphatic heterocycles. The lowest BCUT2D eigenvalue weighted by molar-refractivity contribution is 0.210. The molecule has 22 heavy (non-hydrogen) atoms. The van der Waals surface area contributed by atoms with Crippen molar-refractivity contribution in [3.63, 3.8) is 0 Å². The van der Waals surface area contributed by atoms with Gasteiger partial charge in [0, 0.05) is 32.0 Å². The van der Waals surface area contributed by atoms with Crippen LogP contribution in [0.25, 0.3) is 5.65 Å². The van der Waals surface area contributed by atoms with Crippen LogP contribution in [0.1, 0.15) is 24.1 Å². The molecule has 0 fully saturated rings. The van der Waals surface area contributed by atoms with Crippen molar-refractivity contribution in [2.45, 2.75) is 12.8 Å². The Bertz CT molecular complexity index is 739. The molecule has 0 radical (unpaired) electrons. The number of imidazole rings is 1. The molecule has 0 saturated heterocycles. The van der Waals surface area contributed by atoms with Crippen molar-refractivity contribution in [3.05, 3.63) is 60.2 Å². The first-order valence-corrected chi connectivity index (χ1v) is 7.41. The molecule has 3 rings (SSSR count). The number of ether oxygens (including phenoxy) is 1. The van der Waals surface area contributed by atoms with Crippen LogP contribution in [-0.4, -0.2) is 34.6 Å². The summed E-state index contributed by atoms with van der Waals surface area (Å²) in [4.78, 5) is 8.92. The number of rotatable bonds is 6. The van der Waals surface area contributed by atoms with E-state index in [0.29, 0.717) is 6.61 Å². The normalized spacial score (nSPS) is 12.5. The lowest BCUT2D eigenvalue weighted by atomic mass is 9.98. The molecule has 2 heterocycles. The van der Waals surface area contributed by atoms with E-state index in [4.69, 9.17) is 9.72 Å². The molecule has 5 nitrogen and oxygen atoms in total. The van der Waals surface area contributed by atoms with Crippen molar-refractivity contribution in [2.24, 2.45) is 0 Å². The number of anilines is 1. The third-order valence-electron chi connectivity index (χ3n) is 3.77. The minimum Gasteiger partial charge on any atom is -0.383 e. The van der Waals surface area contributed by atoms with E-state index < -0.39 is 0 Å². The molecule has 1 unspecified atom stereocenters. The van der Waals surface area contributed by atoms with Gasteiger partial charge < -0.3 is 10.1 Å². The lowest BCUT2D eigenvalue weighted by Gasteiger charge is -2.13. The molecule has 0 spiro atoms. The quantitative estimate of drug-likeness (QED) is 0.711. The molecule has 1 N–H and O–H groups in total. The molecular formula is C17H20N4O. The Morgan fingerprint density at radius 2 is 2.09 bits per heavy atom. The summed E-state index contributed by atoms with van der Waals surface area (Å²) in [5.74, 6) is 1.21. The van der Waals surface area contributed by atoms with Crippen LogP contribution in [0.15, 0.2) is 48.9 Å². The van der Waals surface area contributed by atoms with E-state index in [1.165, 1.54) is 5.56 Å². The Morgan fingerprint density at radius 3 is 2.86 bits per heavy atom. The van der Waals surface area contributed by atoms with Gasteiger partial charge in [0.2, 0.25) is 0 Å². The zero-order valence-corrected chi connectivity index (χ0v) is 12.9. The van der Waals surface area contributed by atoms with Gasteiger partial charge in [-0.25, -0.2) is 4.98 Å². The van der Waals surface area contributed by atoms with Crippen LogP contribution >= 0.6 is 0 Å². The molecule has 1 aromatic carbocycles. The van der Waals surface area contributed by atoms with E-state index in [9.17, 15) is 0 Å². The van der Waals surface area contributed by atoms with Crippen LogP contribution < -0.4 is 5.32 Å². The highest BCUT2D eigenvalue weighted by Crippen LogP contribution is 2.30. The Morgan fingerprint density at radius 1 is 1.27 bits per heavy atom. The van der Waals surface area contributed by atoms with Crippen molar-refractivity contribution in [1.82, 2.24) is 14.4 Å². The van der Waals surface area contributed by atoms with Gasteiger partial charge >= 0.3 is 0 Å². The van der Waals surface area contributed by atoms with E-state index in [1.807, 2.05) is 16.7 Å². The fourth-order valence-electron chi connectivity index (χ4n) is 2.57. The van der Waals surface area contributed by atoms with E-state index in [0.717, 1.165) is 23.7 Å². The standard InChI is InChI=1S/C17H20N4O/c1-13(14-6-4-3-5-7-14)16-17(19-9-11-22-2)21-10-8-18-12-15(21)20-16/h3-8,10,12-13,19H,9,11H2,1-2H3. The number of nitrogens with zero attached hydrogens (tertiary/aromatic N) is 3. The molecule has 0 aliphatic carbocycles. The average Bonchev–Trinajstić information content (AvgIpc) is 2.94. The summed E-state index contributed by atoms with van der Waals surface area (Å²) in [6.45, 7) is 3.56. The topological polar surface area (TPSA) is 51.5 Å². The summed E-state index contributed by atoms with van der Waals surface area (Å²) in [5, 5.41) is 3.44. The number of fused-ring (bicyclic) bond motifs is 1. The summed E-state index contributed by atoms with van der Waals surface area (Å²) >= 11 is 0. The van der Waals surface area contributed by atoms with Gasteiger partial charge in [0.1, 0.15) is 5.82 Å². The van der Waals surface area contributed by atoms with Gasteiger partial charge in [-0.15, -0.1) is 0 Å². The van der Waals surface area contributed by atoms with Crippen molar-refractivity contribution in [1.29, 1.82) is 0 Å². The summed E-state index contributed by atoms with van der Waals surface area (Å²) in [5.41, 5.74) is 3.11. The maximum atomic E-state index is 5.13. The summed E-state index contributed by atoms with van der Waals surface area (Å²) in [6, 6.07) is 10.4. The van der Waals surface area contributed by atoms with Crippen LogP contribution in [0, 0.1) is 0 Å². The molecule has 114 valence electrons. The van der Waals surface area contributed by atoms with E-state index in [1.54, 1.807) is 19.5 Å². The first-order valence-electron chi connectivity index (χ1n) is 7.41. The highest BCUT2D eigenvalue weighted by molar-refractivity contribution is 5.57. The number of nitrogens with one attached hydrogen (secondary N) is 1. The summed E-state index contributed by atoms with van der Waals surface area (Å²) < 4.78 is 7.17. The molecule has 0 aliphatic rings. The van der Waals surface area contributed by atoms with Crippen LogP contribution in [0.2, 0.25) is 0 Å². The predicted molar refractivity (Wildman–Crippen MR) is 87.3 cm³/mol. The maximum Gasteiger partial charge on any atom is 0.157 e. The monoisotopic (exact) mass is 296 g/mol. The molecule has 5 heteroatoms. The van der Waals surface area contributed by atoms with Crippen LogP contribution in [0.4, 0.5) is 5.82 Å². The smallest absolute Gasteiger partial charge is 0.157 e. The first kappa shape index (κ1) is 14.5. The second kappa shape index (κ2) is 6.58. The summed E-state index contributed by atoms with van der Waals surface area (Å²) in [6.07, 6.45) is 5.48. The van der Waals surface area contributed by atoms with Crippen molar-refractivity contribution < 1.29 is 4.74 Å². The van der Waals surface area contributed by atoms with Gasteiger partial charge in [0.25, 0.3) is 0 Å². The van der Waals surface area contributed by atoms with Gasteiger partial charge in [0.05, 0.1) is 18.5 Å². The molecule has 1 atom stereocenters. The number of benzene rings is 1. The lowest BCUT2D eigenvalue weighted by Crippen LogP contribution is -2.12. The second-order valence-electron chi connectivity index (χ2n) is 5.20.